The van der Waals surface area contributed by atoms with E-state index in [0.29, 0.717) is 23.2 Å². The lowest BCUT2D eigenvalue weighted by atomic mass is 10.1. The van der Waals surface area contributed by atoms with E-state index in [-0.39, 0.29) is 5.54 Å². The average molecular weight is 302 g/mol. The third-order valence-electron chi connectivity index (χ3n) is 2.71. The number of aromatic nitrogens is 2. The van der Waals surface area contributed by atoms with E-state index >= 15 is 0 Å². The Labute approximate surface area is 122 Å². The average Bonchev–Trinajstić information content (AvgIpc) is 2.57. The van der Waals surface area contributed by atoms with E-state index in [0.717, 1.165) is 16.9 Å². The zero-order valence-electron chi connectivity index (χ0n) is 11.2. The van der Waals surface area contributed by atoms with Gasteiger partial charge in [0, 0.05) is 19.2 Å². The van der Waals surface area contributed by atoms with Gasteiger partial charge in [0.2, 0.25) is 0 Å². The van der Waals surface area contributed by atoms with Crippen molar-refractivity contribution in [3.05, 3.63) is 28.0 Å². The third-order valence-corrected chi connectivity index (χ3v) is 3.43. The second-order valence-corrected chi connectivity index (χ2v) is 6.11. The molecule has 0 saturated heterocycles. The van der Waals surface area contributed by atoms with Gasteiger partial charge in [-0.2, -0.15) is 0 Å². The second kappa shape index (κ2) is 5.29. The van der Waals surface area contributed by atoms with Crippen LogP contribution in [0.25, 0.3) is 11.0 Å². The fourth-order valence-electron chi connectivity index (χ4n) is 1.99. The highest BCUT2D eigenvalue weighted by Gasteiger charge is 2.18. The van der Waals surface area contributed by atoms with Crippen molar-refractivity contribution in [2.24, 2.45) is 5.73 Å². The van der Waals surface area contributed by atoms with Crippen LogP contribution in [0.3, 0.4) is 0 Å². The maximum absolute atomic E-state index is 6.10. The van der Waals surface area contributed by atoms with Gasteiger partial charge in [0.15, 0.2) is 0 Å². The van der Waals surface area contributed by atoms with Crippen LogP contribution in [0.15, 0.2) is 12.1 Å². The van der Waals surface area contributed by atoms with E-state index in [2.05, 4.69) is 4.98 Å². The number of nitrogens with two attached hydrogens (primary N) is 1. The molecule has 0 radical (unpaired) electrons. The normalized spacial score (nSPS) is 12.3. The van der Waals surface area contributed by atoms with Crippen molar-refractivity contribution in [1.82, 2.24) is 9.55 Å². The molecule has 6 heteroatoms. The van der Waals surface area contributed by atoms with Gasteiger partial charge in [-0.15, -0.1) is 0 Å². The van der Waals surface area contributed by atoms with Gasteiger partial charge in [0.05, 0.1) is 21.1 Å². The van der Waals surface area contributed by atoms with E-state index in [9.17, 15) is 0 Å². The van der Waals surface area contributed by atoms with Gasteiger partial charge in [-0.1, -0.05) is 23.2 Å². The number of imidazole rings is 1. The minimum Gasteiger partial charge on any atom is -0.377 e. The lowest BCUT2D eigenvalue weighted by Crippen LogP contribution is -2.37. The zero-order valence-corrected chi connectivity index (χ0v) is 12.7. The van der Waals surface area contributed by atoms with Crippen LogP contribution < -0.4 is 5.73 Å². The number of methoxy groups -OCH3 is 1. The first-order chi connectivity index (χ1) is 8.81. The Morgan fingerprint density at radius 1 is 1.32 bits per heavy atom. The summed E-state index contributed by atoms with van der Waals surface area (Å²) in [5.41, 5.74) is 7.46. The monoisotopic (exact) mass is 301 g/mol. The summed E-state index contributed by atoms with van der Waals surface area (Å²) in [6.07, 6.45) is 0. The van der Waals surface area contributed by atoms with E-state index < -0.39 is 0 Å². The molecule has 0 unspecified atom stereocenters. The van der Waals surface area contributed by atoms with Crippen molar-refractivity contribution < 1.29 is 4.74 Å². The molecule has 104 valence electrons. The molecule has 4 nitrogen and oxygen atoms in total. The largest absolute Gasteiger partial charge is 0.377 e. The number of ether oxygens (including phenoxy) is 1. The molecular formula is C13H17Cl2N3O. The zero-order chi connectivity index (χ0) is 14.2. The summed E-state index contributed by atoms with van der Waals surface area (Å²) in [5.74, 6) is 0.814. The molecule has 2 rings (SSSR count). The molecule has 0 aliphatic rings. The fourth-order valence-corrected chi connectivity index (χ4v) is 2.31. The standard InChI is InChI=1S/C13H17Cl2N3O/c1-13(2,16)7-18-11-5-9(15)8(14)4-10(11)17-12(18)6-19-3/h4-5H,6-7,16H2,1-3H3. The van der Waals surface area contributed by atoms with Crippen molar-refractivity contribution in [2.45, 2.75) is 32.5 Å². The molecule has 1 aromatic heterocycles. The number of halogens is 2. The number of rotatable bonds is 4. The molecule has 0 saturated carbocycles. The Bertz CT molecular complexity index is 602. The van der Waals surface area contributed by atoms with Crippen molar-refractivity contribution in [3.63, 3.8) is 0 Å². The van der Waals surface area contributed by atoms with Crippen molar-refractivity contribution in [2.75, 3.05) is 7.11 Å². The first-order valence-corrected chi connectivity index (χ1v) is 6.69. The summed E-state index contributed by atoms with van der Waals surface area (Å²) < 4.78 is 7.21. The lowest BCUT2D eigenvalue weighted by Gasteiger charge is -2.21. The molecule has 0 aliphatic heterocycles. The molecule has 1 heterocycles. The van der Waals surface area contributed by atoms with Crippen LogP contribution in [-0.2, 0) is 17.9 Å². The second-order valence-electron chi connectivity index (χ2n) is 5.29. The lowest BCUT2D eigenvalue weighted by molar-refractivity contribution is 0.173. The van der Waals surface area contributed by atoms with Gasteiger partial charge < -0.3 is 15.0 Å². The fraction of sp³-hybridized carbons (Fsp3) is 0.462. The number of hydrogen-bond acceptors (Lipinski definition) is 3. The molecule has 0 aliphatic carbocycles. The van der Waals surface area contributed by atoms with Crippen LogP contribution >= 0.6 is 23.2 Å². The predicted octanol–water partition coefficient (Wildman–Crippen LogP) is 3.23. The number of fused-ring (bicyclic) bond motifs is 1. The van der Waals surface area contributed by atoms with Gasteiger partial charge >= 0.3 is 0 Å². The van der Waals surface area contributed by atoms with Gasteiger partial charge in [0.1, 0.15) is 12.4 Å². The number of benzene rings is 1. The Morgan fingerprint density at radius 2 is 1.95 bits per heavy atom. The smallest absolute Gasteiger partial charge is 0.136 e. The first kappa shape index (κ1) is 14.6. The van der Waals surface area contributed by atoms with E-state index in [1.54, 1.807) is 13.2 Å². The van der Waals surface area contributed by atoms with E-state index in [1.165, 1.54) is 0 Å². The van der Waals surface area contributed by atoms with Gasteiger partial charge in [-0.05, 0) is 26.0 Å². The summed E-state index contributed by atoms with van der Waals surface area (Å²) in [6, 6.07) is 3.58. The van der Waals surface area contributed by atoms with Gasteiger partial charge in [0.25, 0.3) is 0 Å². The van der Waals surface area contributed by atoms with Crippen LogP contribution in [0, 0.1) is 0 Å². The SMILES string of the molecule is COCc1nc2cc(Cl)c(Cl)cc2n1CC(C)(C)N. The van der Waals surface area contributed by atoms with Crippen LogP contribution in [0.4, 0.5) is 0 Å². The molecule has 19 heavy (non-hydrogen) atoms. The van der Waals surface area contributed by atoms with Crippen molar-refractivity contribution in [1.29, 1.82) is 0 Å². The molecule has 0 spiro atoms. The van der Waals surface area contributed by atoms with Crippen LogP contribution in [0.5, 0.6) is 0 Å². The number of hydrogen-bond donors (Lipinski definition) is 1. The summed E-state index contributed by atoms with van der Waals surface area (Å²) in [7, 11) is 1.64. The quantitative estimate of drug-likeness (QED) is 0.943. The topological polar surface area (TPSA) is 53.1 Å². The minimum atomic E-state index is -0.359. The summed E-state index contributed by atoms with van der Waals surface area (Å²) in [5, 5.41) is 1.00. The maximum Gasteiger partial charge on any atom is 0.136 e. The summed E-state index contributed by atoms with van der Waals surface area (Å²) in [4.78, 5) is 4.53. The maximum atomic E-state index is 6.10. The molecule has 0 atom stereocenters. The highest BCUT2D eigenvalue weighted by Crippen LogP contribution is 2.29. The Balaban J connectivity index is 2.62. The van der Waals surface area contributed by atoms with Gasteiger partial charge in [-0.3, -0.25) is 0 Å². The summed E-state index contributed by atoms with van der Waals surface area (Å²) >= 11 is 12.1. The van der Waals surface area contributed by atoms with Crippen LogP contribution in [-0.4, -0.2) is 22.2 Å². The molecule has 1 aromatic carbocycles. The Kier molecular flexibility index (Phi) is 4.06. The first-order valence-electron chi connectivity index (χ1n) is 5.94. The molecule has 0 bridgehead atoms. The minimum absolute atomic E-state index is 0.359. The van der Waals surface area contributed by atoms with Crippen molar-refractivity contribution >= 4 is 34.2 Å². The molecule has 2 aromatic rings. The molecule has 2 N–H and O–H groups in total. The molecule has 0 amide bonds. The highest BCUT2D eigenvalue weighted by atomic mass is 35.5. The Morgan fingerprint density at radius 3 is 2.53 bits per heavy atom. The van der Waals surface area contributed by atoms with Gasteiger partial charge in [-0.25, -0.2) is 4.98 Å². The van der Waals surface area contributed by atoms with E-state index in [4.69, 9.17) is 33.7 Å². The van der Waals surface area contributed by atoms with Crippen molar-refractivity contribution in [3.8, 4) is 0 Å². The summed E-state index contributed by atoms with van der Waals surface area (Å²) in [6.45, 7) is 4.97. The third kappa shape index (κ3) is 3.20. The van der Waals surface area contributed by atoms with E-state index in [1.807, 2.05) is 24.5 Å². The van der Waals surface area contributed by atoms with Crippen LogP contribution in [0.2, 0.25) is 10.0 Å². The molecular weight excluding hydrogens is 285 g/mol. The highest BCUT2D eigenvalue weighted by molar-refractivity contribution is 6.42. The number of nitrogens with zero attached hydrogens (tertiary/aromatic N) is 2. The molecule has 0 fully saturated rings. The van der Waals surface area contributed by atoms with Crippen LogP contribution in [0.1, 0.15) is 19.7 Å². The predicted molar refractivity (Wildman–Crippen MR) is 78.7 cm³/mol. The Hall–Kier alpha value is -0.810.